The van der Waals surface area contributed by atoms with Gasteiger partial charge in [-0.1, -0.05) is 23.7 Å². The standard InChI is InChI=1S/C24H26ClFN2O4/c1-4-32-19-11-8-16(14-18(19)25)22(29)20-21(15-6-9-17(26)10-7-15)28(24(31)23(20)30)13-5-12-27(2)3/h6-11,14,21,29H,4-5,12-13H2,1-3H3/b22-20-. The summed E-state index contributed by atoms with van der Waals surface area (Å²) in [6.07, 6.45) is 0.632. The van der Waals surface area contributed by atoms with Crippen molar-refractivity contribution < 1.29 is 23.8 Å². The van der Waals surface area contributed by atoms with Crippen LogP contribution in [0.5, 0.6) is 5.75 Å². The van der Waals surface area contributed by atoms with E-state index in [0.29, 0.717) is 37.4 Å². The predicted octanol–water partition coefficient (Wildman–Crippen LogP) is 4.25. The molecule has 0 saturated carbocycles. The van der Waals surface area contributed by atoms with E-state index in [1.807, 2.05) is 25.9 Å². The van der Waals surface area contributed by atoms with E-state index >= 15 is 0 Å². The Morgan fingerprint density at radius 2 is 1.88 bits per heavy atom. The van der Waals surface area contributed by atoms with Crippen LogP contribution in [-0.4, -0.2) is 60.4 Å². The first-order valence-corrected chi connectivity index (χ1v) is 10.7. The summed E-state index contributed by atoms with van der Waals surface area (Å²) in [7, 11) is 3.84. The van der Waals surface area contributed by atoms with Gasteiger partial charge in [-0.2, -0.15) is 0 Å². The number of hydrogen-bond acceptors (Lipinski definition) is 5. The largest absolute Gasteiger partial charge is 0.507 e. The van der Waals surface area contributed by atoms with Crippen molar-refractivity contribution in [3.8, 4) is 5.75 Å². The fourth-order valence-corrected chi connectivity index (χ4v) is 3.97. The maximum absolute atomic E-state index is 13.5. The zero-order valence-electron chi connectivity index (χ0n) is 18.3. The van der Waals surface area contributed by atoms with Gasteiger partial charge >= 0.3 is 0 Å². The lowest BCUT2D eigenvalue weighted by Gasteiger charge is -2.26. The Kier molecular flexibility index (Phi) is 7.53. The number of aliphatic hydroxyl groups is 1. The van der Waals surface area contributed by atoms with Crippen LogP contribution in [0.2, 0.25) is 5.02 Å². The lowest BCUT2D eigenvalue weighted by atomic mass is 9.95. The van der Waals surface area contributed by atoms with Gasteiger partial charge in [-0.3, -0.25) is 9.59 Å². The molecule has 1 unspecified atom stereocenters. The maximum Gasteiger partial charge on any atom is 0.295 e. The molecule has 1 aliphatic heterocycles. The van der Waals surface area contributed by atoms with Crippen LogP contribution in [0.15, 0.2) is 48.0 Å². The van der Waals surface area contributed by atoms with Crippen molar-refractivity contribution in [2.24, 2.45) is 0 Å². The topological polar surface area (TPSA) is 70.1 Å². The second kappa shape index (κ2) is 10.1. The van der Waals surface area contributed by atoms with Gasteiger partial charge in [0, 0.05) is 12.1 Å². The summed E-state index contributed by atoms with van der Waals surface area (Å²) in [6.45, 7) is 3.28. The molecule has 0 spiro atoms. The Bertz CT molecular complexity index is 1040. The summed E-state index contributed by atoms with van der Waals surface area (Å²) >= 11 is 6.25. The zero-order chi connectivity index (χ0) is 23.4. The number of carbonyl (C=O) groups is 2. The molecule has 0 bridgehead atoms. The highest BCUT2D eigenvalue weighted by molar-refractivity contribution is 6.46. The zero-order valence-corrected chi connectivity index (χ0v) is 19.0. The van der Waals surface area contributed by atoms with Gasteiger partial charge in [0.1, 0.15) is 17.3 Å². The van der Waals surface area contributed by atoms with Crippen LogP contribution < -0.4 is 4.74 Å². The minimum Gasteiger partial charge on any atom is -0.507 e. The molecule has 2 aromatic rings. The molecule has 1 saturated heterocycles. The van der Waals surface area contributed by atoms with Crippen molar-refractivity contribution in [2.45, 2.75) is 19.4 Å². The SMILES string of the molecule is CCOc1ccc(/C(O)=C2/C(=O)C(=O)N(CCCN(C)C)C2c2ccc(F)cc2)cc1Cl. The third-order valence-electron chi connectivity index (χ3n) is 5.24. The Morgan fingerprint density at radius 3 is 2.47 bits per heavy atom. The number of ether oxygens (including phenoxy) is 1. The van der Waals surface area contributed by atoms with Gasteiger partial charge in [0.25, 0.3) is 11.7 Å². The van der Waals surface area contributed by atoms with E-state index < -0.39 is 23.5 Å². The number of benzene rings is 2. The fourth-order valence-electron chi connectivity index (χ4n) is 3.74. The second-order valence-electron chi connectivity index (χ2n) is 7.78. The van der Waals surface area contributed by atoms with Gasteiger partial charge < -0.3 is 19.6 Å². The molecule has 3 rings (SSSR count). The molecule has 1 aliphatic rings. The van der Waals surface area contributed by atoms with Crippen LogP contribution in [0.25, 0.3) is 5.76 Å². The third kappa shape index (κ3) is 4.95. The van der Waals surface area contributed by atoms with E-state index in [4.69, 9.17) is 16.3 Å². The summed E-state index contributed by atoms with van der Waals surface area (Å²) in [5, 5.41) is 11.3. The van der Waals surface area contributed by atoms with Gasteiger partial charge in [-0.05, 0) is 69.9 Å². The van der Waals surface area contributed by atoms with E-state index in [-0.39, 0.29) is 21.9 Å². The Hall–Kier alpha value is -2.90. The summed E-state index contributed by atoms with van der Waals surface area (Å²) in [5.41, 5.74) is 0.776. The number of halogens is 2. The fraction of sp³-hybridized carbons (Fsp3) is 0.333. The first-order valence-electron chi connectivity index (χ1n) is 10.4. The number of rotatable bonds is 8. The Labute approximate surface area is 191 Å². The van der Waals surface area contributed by atoms with Crippen molar-refractivity contribution in [1.29, 1.82) is 0 Å². The van der Waals surface area contributed by atoms with Crippen molar-refractivity contribution in [1.82, 2.24) is 9.80 Å². The molecule has 1 N–H and O–H groups in total. The van der Waals surface area contributed by atoms with E-state index in [0.717, 1.165) is 0 Å². The maximum atomic E-state index is 13.5. The van der Waals surface area contributed by atoms with Gasteiger partial charge in [0.2, 0.25) is 0 Å². The second-order valence-corrected chi connectivity index (χ2v) is 8.19. The highest BCUT2D eigenvalue weighted by atomic mass is 35.5. The normalized spacial score (nSPS) is 17.9. The molecule has 1 heterocycles. The molecule has 8 heteroatoms. The monoisotopic (exact) mass is 460 g/mol. The van der Waals surface area contributed by atoms with Crippen molar-refractivity contribution >= 4 is 29.1 Å². The predicted molar refractivity (Wildman–Crippen MR) is 121 cm³/mol. The van der Waals surface area contributed by atoms with E-state index in [2.05, 4.69) is 0 Å². The number of nitrogens with zero attached hydrogens (tertiary/aromatic N) is 2. The van der Waals surface area contributed by atoms with Gasteiger partial charge in [-0.25, -0.2) is 4.39 Å². The minimum atomic E-state index is -0.830. The molecule has 6 nitrogen and oxygen atoms in total. The number of carbonyl (C=O) groups excluding carboxylic acids is 2. The number of hydrogen-bond donors (Lipinski definition) is 1. The van der Waals surface area contributed by atoms with Gasteiger partial charge in [0.15, 0.2) is 0 Å². The van der Waals surface area contributed by atoms with Crippen molar-refractivity contribution in [3.05, 3.63) is 70.0 Å². The van der Waals surface area contributed by atoms with E-state index in [1.165, 1.54) is 35.2 Å². The van der Waals surface area contributed by atoms with E-state index in [1.54, 1.807) is 12.1 Å². The lowest BCUT2D eigenvalue weighted by molar-refractivity contribution is -0.139. The highest BCUT2D eigenvalue weighted by Crippen LogP contribution is 2.40. The summed E-state index contributed by atoms with van der Waals surface area (Å²) in [4.78, 5) is 29.3. The minimum absolute atomic E-state index is 0.0494. The van der Waals surface area contributed by atoms with Crippen LogP contribution in [0.1, 0.15) is 30.5 Å². The van der Waals surface area contributed by atoms with E-state index in [9.17, 15) is 19.1 Å². The smallest absolute Gasteiger partial charge is 0.295 e. The number of likely N-dealkylation sites (tertiary alicyclic amines) is 1. The number of ketones is 1. The number of aliphatic hydroxyl groups excluding tert-OH is 1. The number of amides is 1. The molecule has 32 heavy (non-hydrogen) atoms. The van der Waals surface area contributed by atoms with Crippen LogP contribution >= 0.6 is 11.6 Å². The molecule has 0 aliphatic carbocycles. The Balaban J connectivity index is 2.08. The van der Waals surface area contributed by atoms with Crippen LogP contribution in [0, 0.1) is 5.82 Å². The molecule has 1 amide bonds. The molecule has 2 aromatic carbocycles. The molecule has 1 atom stereocenters. The molecular formula is C24H26ClFN2O4. The lowest BCUT2D eigenvalue weighted by Crippen LogP contribution is -2.32. The molecular weight excluding hydrogens is 435 g/mol. The molecule has 170 valence electrons. The molecule has 0 radical (unpaired) electrons. The van der Waals surface area contributed by atoms with Crippen molar-refractivity contribution in [3.63, 3.8) is 0 Å². The summed E-state index contributed by atoms with van der Waals surface area (Å²) in [6, 6.07) is 9.40. The van der Waals surface area contributed by atoms with Crippen LogP contribution in [0.4, 0.5) is 4.39 Å². The third-order valence-corrected chi connectivity index (χ3v) is 5.53. The number of Topliss-reactive ketones (excluding diaryl/α,β-unsaturated/α-hetero) is 1. The average molecular weight is 461 g/mol. The molecule has 0 aromatic heterocycles. The summed E-state index contributed by atoms with van der Waals surface area (Å²) in [5.74, 6) is -1.80. The van der Waals surface area contributed by atoms with Crippen molar-refractivity contribution in [2.75, 3.05) is 33.8 Å². The van der Waals surface area contributed by atoms with Gasteiger partial charge in [0.05, 0.1) is 23.2 Å². The highest BCUT2D eigenvalue weighted by Gasteiger charge is 2.45. The Morgan fingerprint density at radius 1 is 1.19 bits per heavy atom. The quantitative estimate of drug-likeness (QED) is 0.362. The van der Waals surface area contributed by atoms with Crippen LogP contribution in [0.3, 0.4) is 0 Å². The van der Waals surface area contributed by atoms with Crippen LogP contribution in [-0.2, 0) is 9.59 Å². The average Bonchev–Trinajstić information content (AvgIpc) is 3.00. The first-order chi connectivity index (χ1) is 15.2. The summed E-state index contributed by atoms with van der Waals surface area (Å²) < 4.78 is 19.0. The molecule has 1 fully saturated rings. The first kappa shape index (κ1) is 23.8. The van der Waals surface area contributed by atoms with Gasteiger partial charge in [-0.15, -0.1) is 0 Å².